The summed E-state index contributed by atoms with van der Waals surface area (Å²) in [6.07, 6.45) is 1.89. The molecule has 2 aromatic heterocycles. The first-order chi connectivity index (χ1) is 7.29. The Morgan fingerprint density at radius 1 is 1.47 bits per heavy atom. The van der Waals surface area contributed by atoms with Gasteiger partial charge < -0.3 is 5.73 Å². The van der Waals surface area contributed by atoms with Crippen LogP contribution in [0, 0.1) is 0 Å². The Bertz CT molecular complexity index is 406. The van der Waals surface area contributed by atoms with Gasteiger partial charge in [-0.2, -0.15) is 0 Å². The summed E-state index contributed by atoms with van der Waals surface area (Å²) in [6.45, 7) is 2.11. The predicted molar refractivity (Wildman–Crippen MR) is 67.4 cm³/mol. The number of nitrogens with zero attached hydrogens (tertiary/aromatic N) is 1. The minimum Gasteiger partial charge on any atom is -0.327 e. The van der Waals surface area contributed by atoms with Crippen LogP contribution in [0.1, 0.15) is 19.0 Å². The van der Waals surface area contributed by atoms with Crippen LogP contribution in [0.4, 0.5) is 0 Å². The first kappa shape index (κ1) is 10.8. The molecule has 0 fully saturated rings. The van der Waals surface area contributed by atoms with Crippen molar-refractivity contribution in [1.82, 2.24) is 4.98 Å². The van der Waals surface area contributed by atoms with Gasteiger partial charge in [-0.3, -0.25) is 0 Å². The second kappa shape index (κ2) is 4.88. The molecule has 2 N–H and O–H groups in total. The lowest BCUT2D eigenvalue weighted by molar-refractivity contribution is 0.639. The van der Waals surface area contributed by atoms with E-state index in [9.17, 15) is 0 Å². The standard InChI is InChI=1S/C11H14N2S2/c1-2-8(12)6-9-7-15-11(13-9)10-4-3-5-14-10/h3-5,7-8H,2,6,12H2,1H3. The fourth-order valence-electron chi connectivity index (χ4n) is 1.33. The van der Waals surface area contributed by atoms with Gasteiger partial charge >= 0.3 is 0 Å². The molecule has 0 spiro atoms. The Kier molecular flexibility index (Phi) is 3.51. The zero-order valence-electron chi connectivity index (χ0n) is 8.64. The molecule has 0 bridgehead atoms. The van der Waals surface area contributed by atoms with Gasteiger partial charge in [-0.05, 0) is 17.9 Å². The van der Waals surface area contributed by atoms with E-state index in [2.05, 4.69) is 34.8 Å². The van der Waals surface area contributed by atoms with E-state index in [4.69, 9.17) is 5.73 Å². The van der Waals surface area contributed by atoms with Crippen molar-refractivity contribution in [2.24, 2.45) is 5.73 Å². The summed E-state index contributed by atoms with van der Waals surface area (Å²) in [5, 5.41) is 5.31. The lowest BCUT2D eigenvalue weighted by Crippen LogP contribution is -2.21. The van der Waals surface area contributed by atoms with Crippen molar-refractivity contribution in [2.75, 3.05) is 0 Å². The highest BCUT2D eigenvalue weighted by atomic mass is 32.1. The normalized spacial score (nSPS) is 12.9. The molecule has 0 aliphatic carbocycles. The van der Waals surface area contributed by atoms with Gasteiger partial charge in [0.1, 0.15) is 5.01 Å². The molecule has 4 heteroatoms. The van der Waals surface area contributed by atoms with Gasteiger partial charge in [0.25, 0.3) is 0 Å². The van der Waals surface area contributed by atoms with E-state index in [0.29, 0.717) is 0 Å². The Labute approximate surface area is 97.8 Å². The van der Waals surface area contributed by atoms with Crippen LogP contribution in [0.3, 0.4) is 0 Å². The summed E-state index contributed by atoms with van der Waals surface area (Å²) in [5.41, 5.74) is 7.02. The molecule has 1 atom stereocenters. The average molecular weight is 238 g/mol. The molecule has 15 heavy (non-hydrogen) atoms. The van der Waals surface area contributed by atoms with E-state index >= 15 is 0 Å². The zero-order valence-corrected chi connectivity index (χ0v) is 10.3. The maximum absolute atomic E-state index is 5.90. The maximum atomic E-state index is 5.90. The van der Waals surface area contributed by atoms with Gasteiger partial charge in [0.05, 0.1) is 10.6 Å². The topological polar surface area (TPSA) is 38.9 Å². The number of aromatic nitrogens is 1. The Morgan fingerprint density at radius 3 is 3.00 bits per heavy atom. The summed E-state index contributed by atoms with van der Waals surface area (Å²) in [6, 6.07) is 4.40. The Hall–Kier alpha value is -0.710. The molecule has 2 aromatic rings. The van der Waals surface area contributed by atoms with Crippen LogP contribution in [0.15, 0.2) is 22.9 Å². The van der Waals surface area contributed by atoms with E-state index in [1.807, 2.05) is 0 Å². The summed E-state index contributed by atoms with van der Waals surface area (Å²) in [4.78, 5) is 5.84. The van der Waals surface area contributed by atoms with Crippen molar-refractivity contribution in [3.05, 3.63) is 28.6 Å². The summed E-state index contributed by atoms with van der Waals surface area (Å²) >= 11 is 3.43. The van der Waals surface area contributed by atoms with Crippen molar-refractivity contribution in [2.45, 2.75) is 25.8 Å². The van der Waals surface area contributed by atoms with Crippen LogP contribution < -0.4 is 5.73 Å². The van der Waals surface area contributed by atoms with Crippen LogP contribution >= 0.6 is 22.7 Å². The molecule has 2 heterocycles. The number of hydrogen-bond acceptors (Lipinski definition) is 4. The summed E-state index contributed by atoms with van der Waals surface area (Å²) < 4.78 is 0. The van der Waals surface area contributed by atoms with Crippen molar-refractivity contribution >= 4 is 22.7 Å². The SMILES string of the molecule is CCC(N)Cc1csc(-c2cccs2)n1. The van der Waals surface area contributed by atoms with Gasteiger partial charge in [0.15, 0.2) is 0 Å². The van der Waals surface area contributed by atoms with Crippen molar-refractivity contribution < 1.29 is 0 Å². The van der Waals surface area contributed by atoms with E-state index < -0.39 is 0 Å². The average Bonchev–Trinajstić information content (AvgIpc) is 2.85. The van der Waals surface area contributed by atoms with Crippen molar-refractivity contribution in [3.8, 4) is 9.88 Å². The van der Waals surface area contributed by atoms with Crippen LogP contribution in [0.5, 0.6) is 0 Å². The molecule has 1 unspecified atom stereocenters. The summed E-state index contributed by atoms with van der Waals surface area (Å²) in [5.74, 6) is 0. The molecule has 2 nitrogen and oxygen atoms in total. The Balaban J connectivity index is 2.11. The first-order valence-corrected chi connectivity index (χ1v) is 6.79. The van der Waals surface area contributed by atoms with Gasteiger partial charge in [-0.1, -0.05) is 13.0 Å². The van der Waals surface area contributed by atoms with Crippen LogP contribution in [0.2, 0.25) is 0 Å². The van der Waals surface area contributed by atoms with Gasteiger partial charge in [-0.25, -0.2) is 4.98 Å². The summed E-state index contributed by atoms with van der Waals surface area (Å²) in [7, 11) is 0. The van der Waals surface area contributed by atoms with E-state index in [1.165, 1.54) is 4.88 Å². The number of rotatable bonds is 4. The second-order valence-electron chi connectivity index (χ2n) is 3.49. The van der Waals surface area contributed by atoms with E-state index in [-0.39, 0.29) is 6.04 Å². The van der Waals surface area contributed by atoms with Gasteiger partial charge in [0, 0.05) is 17.8 Å². The number of hydrogen-bond donors (Lipinski definition) is 1. The highest BCUT2D eigenvalue weighted by Crippen LogP contribution is 2.28. The maximum Gasteiger partial charge on any atom is 0.133 e. The number of thiazole rings is 1. The smallest absolute Gasteiger partial charge is 0.133 e. The molecular formula is C11H14N2S2. The highest BCUT2D eigenvalue weighted by molar-refractivity contribution is 7.20. The molecule has 0 aromatic carbocycles. The third-order valence-electron chi connectivity index (χ3n) is 2.28. The van der Waals surface area contributed by atoms with Crippen LogP contribution in [-0.2, 0) is 6.42 Å². The van der Waals surface area contributed by atoms with Crippen LogP contribution in [0.25, 0.3) is 9.88 Å². The Morgan fingerprint density at radius 2 is 2.33 bits per heavy atom. The molecule has 2 rings (SSSR count). The first-order valence-electron chi connectivity index (χ1n) is 5.03. The highest BCUT2D eigenvalue weighted by Gasteiger charge is 2.08. The molecule has 0 aliphatic rings. The largest absolute Gasteiger partial charge is 0.327 e. The van der Waals surface area contributed by atoms with E-state index in [0.717, 1.165) is 23.5 Å². The van der Waals surface area contributed by atoms with Gasteiger partial charge in [0.2, 0.25) is 0 Å². The van der Waals surface area contributed by atoms with Crippen molar-refractivity contribution in [1.29, 1.82) is 0 Å². The molecular weight excluding hydrogens is 224 g/mol. The molecule has 0 aliphatic heterocycles. The van der Waals surface area contributed by atoms with Gasteiger partial charge in [-0.15, -0.1) is 22.7 Å². The molecule has 0 saturated carbocycles. The third kappa shape index (κ3) is 2.65. The monoisotopic (exact) mass is 238 g/mol. The van der Waals surface area contributed by atoms with Crippen LogP contribution in [-0.4, -0.2) is 11.0 Å². The minimum atomic E-state index is 0.239. The van der Waals surface area contributed by atoms with E-state index in [1.54, 1.807) is 22.7 Å². The lowest BCUT2D eigenvalue weighted by atomic mass is 10.1. The molecule has 80 valence electrons. The number of thiophene rings is 1. The fourth-order valence-corrected chi connectivity index (χ4v) is 2.97. The minimum absolute atomic E-state index is 0.239. The quantitative estimate of drug-likeness (QED) is 0.888. The number of nitrogens with two attached hydrogens (primary N) is 1. The zero-order chi connectivity index (χ0) is 10.7. The third-order valence-corrected chi connectivity index (χ3v) is 4.21. The second-order valence-corrected chi connectivity index (χ2v) is 5.30. The lowest BCUT2D eigenvalue weighted by Gasteiger charge is -2.04. The molecule has 0 amide bonds. The molecule has 0 radical (unpaired) electrons. The molecule has 0 saturated heterocycles. The fraction of sp³-hybridized carbons (Fsp3) is 0.364. The van der Waals surface area contributed by atoms with Crippen molar-refractivity contribution in [3.63, 3.8) is 0 Å². The predicted octanol–water partition coefficient (Wildman–Crippen LogP) is 3.15.